The minimum absolute atomic E-state index is 0.0478. The quantitative estimate of drug-likeness (QED) is 0.358. The number of hydrogen-bond donors (Lipinski definition) is 0. The highest BCUT2D eigenvalue weighted by molar-refractivity contribution is 5.43. The lowest BCUT2D eigenvalue weighted by Gasteiger charge is -2.15. The van der Waals surface area contributed by atoms with Crippen molar-refractivity contribution in [2.24, 2.45) is 0 Å². The Balaban J connectivity index is 1.54. The topological polar surface area (TPSA) is 66.4 Å². The van der Waals surface area contributed by atoms with Crippen LogP contribution in [-0.2, 0) is 13.0 Å². The van der Waals surface area contributed by atoms with Crippen LogP contribution >= 0.6 is 0 Å². The van der Waals surface area contributed by atoms with E-state index in [1.54, 1.807) is 30.5 Å². The number of aromatic nitrogens is 3. The maximum Gasteiger partial charge on any atom is 0.219 e. The molecule has 0 aliphatic rings. The molecule has 2 aromatic heterocycles. The van der Waals surface area contributed by atoms with Crippen LogP contribution in [0.1, 0.15) is 16.8 Å². The molecule has 0 radical (unpaired) electrons. The zero-order chi connectivity index (χ0) is 22.2. The van der Waals surface area contributed by atoms with Crippen molar-refractivity contribution in [2.45, 2.75) is 20.0 Å². The zero-order valence-electron chi connectivity index (χ0n) is 17.6. The largest absolute Gasteiger partial charge is 0.488 e. The fraction of sp³-hybridized carbons (Fsp3) is 0.160. The van der Waals surface area contributed by atoms with Crippen LogP contribution < -0.4 is 14.2 Å². The van der Waals surface area contributed by atoms with Crippen LogP contribution in [0.2, 0.25) is 0 Å². The van der Waals surface area contributed by atoms with Crippen molar-refractivity contribution in [3.05, 3.63) is 102 Å². The molecule has 4 rings (SSSR count). The van der Waals surface area contributed by atoms with Gasteiger partial charge in [-0.3, -0.25) is 0 Å². The molecule has 0 spiro atoms. The normalized spacial score (nSPS) is 10.6. The van der Waals surface area contributed by atoms with Gasteiger partial charge in [-0.25, -0.2) is 19.3 Å². The van der Waals surface area contributed by atoms with Crippen LogP contribution in [0.3, 0.4) is 0 Å². The highest BCUT2D eigenvalue weighted by atomic mass is 19.1. The average Bonchev–Trinajstić information content (AvgIpc) is 2.81. The molecule has 4 aromatic rings. The van der Waals surface area contributed by atoms with Gasteiger partial charge in [-0.15, -0.1) is 0 Å². The molecule has 0 saturated heterocycles. The van der Waals surface area contributed by atoms with Crippen molar-refractivity contribution in [1.82, 2.24) is 15.0 Å². The van der Waals surface area contributed by atoms with Gasteiger partial charge in [-0.2, -0.15) is 0 Å². The second kappa shape index (κ2) is 10.3. The highest BCUT2D eigenvalue weighted by Crippen LogP contribution is 2.32. The summed E-state index contributed by atoms with van der Waals surface area (Å²) in [5, 5.41) is 0. The fourth-order valence-corrected chi connectivity index (χ4v) is 3.04. The smallest absolute Gasteiger partial charge is 0.219 e. The van der Waals surface area contributed by atoms with Crippen LogP contribution in [0, 0.1) is 12.7 Å². The van der Waals surface area contributed by atoms with E-state index in [2.05, 4.69) is 15.0 Å². The van der Waals surface area contributed by atoms with Crippen LogP contribution in [0.4, 0.5) is 4.39 Å². The Morgan fingerprint density at radius 1 is 0.875 bits per heavy atom. The Kier molecular flexibility index (Phi) is 6.87. The van der Waals surface area contributed by atoms with Crippen LogP contribution in [0.15, 0.2) is 79.3 Å². The Morgan fingerprint density at radius 2 is 1.75 bits per heavy atom. The van der Waals surface area contributed by atoms with E-state index in [1.165, 1.54) is 12.4 Å². The molecule has 0 bridgehead atoms. The summed E-state index contributed by atoms with van der Waals surface area (Å²) in [6.45, 7) is 2.49. The van der Waals surface area contributed by atoms with Gasteiger partial charge in [-0.1, -0.05) is 36.4 Å². The molecule has 0 saturated carbocycles. The summed E-state index contributed by atoms with van der Waals surface area (Å²) < 4.78 is 32.2. The van der Waals surface area contributed by atoms with Crippen molar-refractivity contribution in [2.75, 3.05) is 6.61 Å². The van der Waals surface area contributed by atoms with Crippen molar-refractivity contribution in [3.8, 4) is 23.3 Å². The summed E-state index contributed by atoms with van der Waals surface area (Å²) in [5.41, 5.74) is 2.45. The number of aryl methyl sites for hydroxylation is 1. The molecule has 0 unspecified atom stereocenters. The molecule has 6 nitrogen and oxygen atoms in total. The van der Waals surface area contributed by atoms with E-state index >= 15 is 0 Å². The van der Waals surface area contributed by atoms with E-state index in [-0.39, 0.29) is 5.75 Å². The first-order chi connectivity index (χ1) is 15.7. The molecule has 0 aliphatic carbocycles. The van der Waals surface area contributed by atoms with Gasteiger partial charge >= 0.3 is 0 Å². The van der Waals surface area contributed by atoms with Gasteiger partial charge < -0.3 is 14.2 Å². The minimum Gasteiger partial charge on any atom is -0.488 e. The molecule has 0 atom stereocenters. The Morgan fingerprint density at radius 3 is 2.53 bits per heavy atom. The fourth-order valence-electron chi connectivity index (χ4n) is 3.04. The second-order valence-electron chi connectivity index (χ2n) is 7.03. The van der Waals surface area contributed by atoms with Crippen LogP contribution in [0.25, 0.3) is 0 Å². The number of halogens is 1. The van der Waals surface area contributed by atoms with Gasteiger partial charge in [0, 0.05) is 42.1 Å². The van der Waals surface area contributed by atoms with E-state index in [9.17, 15) is 4.39 Å². The van der Waals surface area contributed by atoms with Crippen molar-refractivity contribution in [3.63, 3.8) is 0 Å². The Labute approximate surface area is 185 Å². The standard InChI is InChI=1S/C25H22FN3O3/c1-18-6-5-9-25(29-18)32-23-15-22(31-16-19-7-3-2-4-8-19)20(14-21(23)26)11-13-30-24-10-12-27-17-28-24/h2-10,12,14-15,17H,11,13,16H2,1H3. The molecular weight excluding hydrogens is 409 g/mol. The monoisotopic (exact) mass is 431 g/mol. The van der Waals surface area contributed by atoms with E-state index in [1.807, 2.05) is 43.3 Å². The third-order valence-corrected chi connectivity index (χ3v) is 4.61. The first kappa shape index (κ1) is 21.2. The third kappa shape index (κ3) is 5.78. The highest BCUT2D eigenvalue weighted by Gasteiger charge is 2.14. The number of hydrogen-bond acceptors (Lipinski definition) is 6. The van der Waals surface area contributed by atoms with Crippen LogP contribution in [-0.4, -0.2) is 21.6 Å². The summed E-state index contributed by atoms with van der Waals surface area (Å²) in [4.78, 5) is 12.2. The summed E-state index contributed by atoms with van der Waals surface area (Å²) in [6.07, 6.45) is 3.44. The Hall–Kier alpha value is -4.00. The maximum atomic E-state index is 14.9. The summed E-state index contributed by atoms with van der Waals surface area (Å²) in [6, 6.07) is 19.7. The van der Waals surface area contributed by atoms with Crippen LogP contribution in [0.5, 0.6) is 23.3 Å². The summed E-state index contributed by atoms with van der Waals surface area (Å²) in [5.74, 6) is 0.837. The van der Waals surface area contributed by atoms with Gasteiger partial charge in [0.2, 0.25) is 11.8 Å². The lowest BCUT2D eigenvalue weighted by molar-refractivity contribution is 0.287. The van der Waals surface area contributed by atoms with E-state index in [4.69, 9.17) is 14.2 Å². The molecule has 32 heavy (non-hydrogen) atoms. The number of nitrogens with zero attached hydrogens (tertiary/aromatic N) is 3. The lowest BCUT2D eigenvalue weighted by Crippen LogP contribution is -2.06. The molecular formula is C25H22FN3O3. The molecule has 162 valence electrons. The lowest BCUT2D eigenvalue weighted by atomic mass is 10.1. The first-order valence-electron chi connectivity index (χ1n) is 10.2. The minimum atomic E-state index is -0.502. The summed E-state index contributed by atoms with van der Waals surface area (Å²) in [7, 11) is 0. The molecule has 0 amide bonds. The van der Waals surface area contributed by atoms with E-state index in [0.29, 0.717) is 42.7 Å². The third-order valence-electron chi connectivity index (χ3n) is 4.61. The Bertz CT molecular complexity index is 1160. The van der Waals surface area contributed by atoms with Gasteiger partial charge in [0.25, 0.3) is 0 Å². The van der Waals surface area contributed by atoms with Crippen molar-refractivity contribution < 1.29 is 18.6 Å². The SMILES string of the molecule is Cc1cccc(Oc2cc(OCc3ccccc3)c(CCOc3ccncn3)cc2F)n1. The summed E-state index contributed by atoms with van der Waals surface area (Å²) >= 11 is 0. The number of pyridine rings is 1. The number of ether oxygens (including phenoxy) is 3. The van der Waals surface area contributed by atoms with Gasteiger partial charge in [0.15, 0.2) is 11.6 Å². The zero-order valence-corrected chi connectivity index (χ0v) is 17.6. The number of rotatable bonds is 9. The van der Waals surface area contributed by atoms with E-state index in [0.717, 1.165) is 11.3 Å². The predicted octanol–water partition coefficient (Wildman–Crippen LogP) is 5.31. The average molecular weight is 431 g/mol. The molecule has 0 N–H and O–H groups in total. The van der Waals surface area contributed by atoms with Crippen molar-refractivity contribution in [1.29, 1.82) is 0 Å². The van der Waals surface area contributed by atoms with Gasteiger partial charge in [0.05, 0.1) is 6.61 Å². The molecule has 0 fully saturated rings. The first-order valence-corrected chi connectivity index (χ1v) is 10.2. The van der Waals surface area contributed by atoms with Gasteiger partial charge in [-0.05, 0) is 24.6 Å². The van der Waals surface area contributed by atoms with Gasteiger partial charge in [0.1, 0.15) is 18.7 Å². The molecule has 0 aliphatic heterocycles. The molecule has 2 heterocycles. The van der Waals surface area contributed by atoms with E-state index < -0.39 is 5.82 Å². The molecule has 2 aromatic carbocycles. The van der Waals surface area contributed by atoms with Crippen molar-refractivity contribution >= 4 is 0 Å². The number of benzene rings is 2. The molecule has 7 heteroatoms. The predicted molar refractivity (Wildman–Crippen MR) is 117 cm³/mol. The second-order valence-corrected chi connectivity index (χ2v) is 7.03. The maximum absolute atomic E-state index is 14.9.